The molecule has 3 aromatic rings. The van der Waals surface area contributed by atoms with E-state index in [1.54, 1.807) is 12.5 Å². The van der Waals surface area contributed by atoms with E-state index in [1.165, 1.54) is 0 Å². The largest absolute Gasteiger partial charge is 0.361 e. The second-order valence-electron chi connectivity index (χ2n) is 6.19. The van der Waals surface area contributed by atoms with Gasteiger partial charge in [0.1, 0.15) is 12.1 Å². The lowest BCUT2D eigenvalue weighted by molar-refractivity contribution is 0.639. The summed E-state index contributed by atoms with van der Waals surface area (Å²) in [6.07, 6.45) is 3.34. The van der Waals surface area contributed by atoms with Gasteiger partial charge in [-0.15, -0.1) is 10.2 Å². The molecule has 4 heterocycles. The minimum atomic E-state index is 0.736. The Bertz CT molecular complexity index is 851. The van der Waals surface area contributed by atoms with Crippen LogP contribution in [0.1, 0.15) is 0 Å². The van der Waals surface area contributed by atoms with Gasteiger partial charge in [0.05, 0.1) is 5.39 Å². The van der Waals surface area contributed by atoms with Crippen molar-refractivity contribution in [3.05, 3.63) is 36.8 Å². The first-order valence-corrected chi connectivity index (χ1v) is 8.29. The van der Waals surface area contributed by atoms with Gasteiger partial charge in [-0.3, -0.25) is 0 Å². The smallest absolute Gasteiger partial charge is 0.164 e. The molecule has 0 N–H and O–H groups in total. The van der Waals surface area contributed by atoms with Crippen LogP contribution in [-0.2, 0) is 0 Å². The Hall–Kier alpha value is -3.03. The van der Waals surface area contributed by atoms with Crippen molar-refractivity contribution in [2.75, 3.05) is 55.0 Å². The lowest BCUT2D eigenvalue weighted by Gasteiger charge is -2.36. The van der Waals surface area contributed by atoms with Gasteiger partial charge in [0.15, 0.2) is 17.3 Å². The van der Waals surface area contributed by atoms with Gasteiger partial charge in [-0.05, 0) is 24.3 Å². The fourth-order valence-electron chi connectivity index (χ4n) is 3.01. The zero-order valence-electron chi connectivity index (χ0n) is 14.4. The van der Waals surface area contributed by atoms with Crippen LogP contribution in [0.2, 0.25) is 0 Å². The first-order chi connectivity index (χ1) is 12.2. The van der Waals surface area contributed by atoms with Gasteiger partial charge < -0.3 is 14.7 Å². The van der Waals surface area contributed by atoms with Crippen molar-refractivity contribution in [2.24, 2.45) is 0 Å². The molecule has 1 fully saturated rings. The van der Waals surface area contributed by atoms with E-state index in [1.807, 2.05) is 43.3 Å². The summed E-state index contributed by atoms with van der Waals surface area (Å²) >= 11 is 0. The van der Waals surface area contributed by atoms with Gasteiger partial charge in [0.2, 0.25) is 0 Å². The van der Waals surface area contributed by atoms with Gasteiger partial charge in [0, 0.05) is 46.5 Å². The van der Waals surface area contributed by atoms with E-state index in [2.05, 4.69) is 34.9 Å². The van der Waals surface area contributed by atoms with Crippen LogP contribution in [0, 0.1) is 0 Å². The fraction of sp³-hybridized carbons (Fsp3) is 0.353. The molecular weight excluding hydrogens is 316 g/mol. The number of anilines is 3. The Morgan fingerprint density at radius 2 is 1.68 bits per heavy atom. The Balaban J connectivity index is 1.49. The van der Waals surface area contributed by atoms with Crippen LogP contribution in [-0.4, -0.2) is 65.4 Å². The van der Waals surface area contributed by atoms with Crippen LogP contribution in [0.15, 0.2) is 36.8 Å². The predicted octanol–water partition coefficient (Wildman–Crippen LogP) is 1.21. The number of rotatable bonds is 3. The van der Waals surface area contributed by atoms with Crippen molar-refractivity contribution in [3.8, 4) is 0 Å². The average molecular weight is 336 g/mol. The van der Waals surface area contributed by atoms with Gasteiger partial charge in [-0.2, -0.15) is 0 Å². The van der Waals surface area contributed by atoms with Crippen LogP contribution in [0.3, 0.4) is 0 Å². The van der Waals surface area contributed by atoms with Crippen LogP contribution in [0.25, 0.3) is 11.0 Å². The normalized spacial score (nSPS) is 14.8. The molecule has 0 aliphatic carbocycles. The minimum Gasteiger partial charge on any atom is -0.361 e. The third kappa shape index (κ3) is 3.02. The van der Waals surface area contributed by atoms with Crippen molar-refractivity contribution < 1.29 is 0 Å². The molecule has 128 valence electrons. The SMILES string of the molecule is CN(C)c1ccc(N2CCN(c3ncnc4ncccc34)CC2)nn1. The third-order valence-electron chi connectivity index (χ3n) is 4.39. The van der Waals surface area contributed by atoms with Gasteiger partial charge in [-0.25, -0.2) is 15.0 Å². The van der Waals surface area contributed by atoms with Crippen LogP contribution < -0.4 is 14.7 Å². The molecule has 1 aliphatic rings. The predicted molar refractivity (Wildman–Crippen MR) is 98.1 cm³/mol. The highest BCUT2D eigenvalue weighted by Gasteiger charge is 2.21. The number of pyridine rings is 1. The molecule has 8 heteroatoms. The standard InChI is InChI=1S/C17H20N8/c1-23(2)14-5-6-15(22-21-14)24-8-10-25(11-9-24)17-13-4-3-7-18-16(13)19-12-20-17/h3-7,12H,8-11H2,1-2H3. The summed E-state index contributed by atoms with van der Waals surface area (Å²) in [6, 6.07) is 7.98. The van der Waals surface area contributed by atoms with Crippen LogP contribution >= 0.6 is 0 Å². The van der Waals surface area contributed by atoms with E-state index in [9.17, 15) is 0 Å². The van der Waals surface area contributed by atoms with E-state index in [-0.39, 0.29) is 0 Å². The molecule has 1 saturated heterocycles. The minimum absolute atomic E-state index is 0.736. The summed E-state index contributed by atoms with van der Waals surface area (Å²) in [7, 11) is 3.92. The van der Waals surface area contributed by atoms with Crippen molar-refractivity contribution >= 4 is 28.5 Å². The second kappa shape index (κ2) is 6.46. The van der Waals surface area contributed by atoms with Gasteiger partial charge >= 0.3 is 0 Å². The Kier molecular flexibility index (Phi) is 4.01. The number of fused-ring (bicyclic) bond motifs is 1. The zero-order chi connectivity index (χ0) is 17.2. The third-order valence-corrected chi connectivity index (χ3v) is 4.39. The molecule has 0 atom stereocenters. The van der Waals surface area contributed by atoms with E-state index < -0.39 is 0 Å². The molecule has 0 bridgehead atoms. The highest BCUT2D eigenvalue weighted by molar-refractivity contribution is 5.86. The molecule has 0 radical (unpaired) electrons. The molecule has 8 nitrogen and oxygen atoms in total. The Labute approximate surface area is 146 Å². The number of piperazine rings is 1. The van der Waals surface area contributed by atoms with E-state index in [0.29, 0.717) is 0 Å². The topological polar surface area (TPSA) is 74.2 Å². The quantitative estimate of drug-likeness (QED) is 0.706. The molecule has 1 aliphatic heterocycles. The summed E-state index contributed by atoms with van der Waals surface area (Å²) < 4.78 is 0. The van der Waals surface area contributed by atoms with Crippen molar-refractivity contribution in [2.45, 2.75) is 0 Å². The number of nitrogens with zero attached hydrogens (tertiary/aromatic N) is 8. The monoisotopic (exact) mass is 336 g/mol. The van der Waals surface area contributed by atoms with Gasteiger partial charge in [-0.1, -0.05) is 0 Å². The first kappa shape index (κ1) is 15.5. The average Bonchev–Trinajstić information content (AvgIpc) is 2.68. The molecule has 3 aromatic heterocycles. The molecule has 0 aromatic carbocycles. The van der Waals surface area contributed by atoms with E-state index >= 15 is 0 Å². The number of hydrogen-bond donors (Lipinski definition) is 0. The zero-order valence-corrected chi connectivity index (χ0v) is 14.4. The highest BCUT2D eigenvalue weighted by atomic mass is 15.3. The molecule has 25 heavy (non-hydrogen) atoms. The van der Waals surface area contributed by atoms with Crippen molar-refractivity contribution in [1.29, 1.82) is 0 Å². The van der Waals surface area contributed by atoms with Crippen molar-refractivity contribution in [1.82, 2.24) is 25.1 Å². The summed E-state index contributed by atoms with van der Waals surface area (Å²) in [4.78, 5) is 19.5. The maximum atomic E-state index is 4.48. The fourth-order valence-corrected chi connectivity index (χ4v) is 3.01. The lowest BCUT2D eigenvalue weighted by Crippen LogP contribution is -2.47. The molecular formula is C17H20N8. The summed E-state index contributed by atoms with van der Waals surface area (Å²) in [5, 5.41) is 9.61. The Morgan fingerprint density at radius 1 is 0.880 bits per heavy atom. The Morgan fingerprint density at radius 3 is 2.40 bits per heavy atom. The maximum absolute atomic E-state index is 4.48. The number of aromatic nitrogens is 5. The molecule has 0 spiro atoms. The summed E-state index contributed by atoms with van der Waals surface area (Å²) in [5.41, 5.74) is 0.736. The summed E-state index contributed by atoms with van der Waals surface area (Å²) in [5.74, 6) is 2.73. The van der Waals surface area contributed by atoms with Crippen molar-refractivity contribution in [3.63, 3.8) is 0 Å². The lowest BCUT2D eigenvalue weighted by atomic mass is 10.2. The molecule has 0 amide bonds. The van der Waals surface area contributed by atoms with Crippen LogP contribution in [0.4, 0.5) is 17.5 Å². The van der Waals surface area contributed by atoms with E-state index in [4.69, 9.17) is 0 Å². The number of hydrogen-bond acceptors (Lipinski definition) is 8. The summed E-state index contributed by atoms with van der Waals surface area (Å²) in [6.45, 7) is 3.50. The van der Waals surface area contributed by atoms with Gasteiger partial charge in [0.25, 0.3) is 0 Å². The molecule has 0 saturated carbocycles. The highest BCUT2D eigenvalue weighted by Crippen LogP contribution is 2.23. The molecule has 0 unspecified atom stereocenters. The first-order valence-electron chi connectivity index (χ1n) is 8.29. The maximum Gasteiger partial charge on any atom is 0.164 e. The van der Waals surface area contributed by atoms with E-state index in [0.717, 1.165) is 54.7 Å². The second-order valence-corrected chi connectivity index (χ2v) is 6.19. The molecule has 4 rings (SSSR count). The van der Waals surface area contributed by atoms with Crippen LogP contribution in [0.5, 0.6) is 0 Å².